The van der Waals surface area contributed by atoms with Crippen LogP contribution in [-0.2, 0) is 4.74 Å². The van der Waals surface area contributed by atoms with Crippen LogP contribution in [0.1, 0.15) is 41.1 Å². The molecule has 0 saturated carbocycles. The van der Waals surface area contributed by atoms with Crippen LogP contribution in [0, 0.1) is 0 Å². The number of carbonyl (C=O) groups excluding carboxylic acids is 1. The van der Waals surface area contributed by atoms with E-state index in [1.807, 2.05) is 6.92 Å². The first-order valence-corrected chi connectivity index (χ1v) is 9.88. The minimum Gasteiger partial charge on any atom is -0.504 e. The summed E-state index contributed by atoms with van der Waals surface area (Å²) in [6.07, 6.45) is 0.608. The Morgan fingerprint density at radius 3 is 2.73 bits per heavy atom. The molecule has 7 nitrogen and oxygen atoms in total. The quantitative estimate of drug-likeness (QED) is 0.601. The van der Waals surface area contributed by atoms with Gasteiger partial charge in [-0.25, -0.2) is 0 Å². The summed E-state index contributed by atoms with van der Waals surface area (Å²) >= 11 is 0. The maximum atomic E-state index is 13.4. The zero-order chi connectivity index (χ0) is 21.3. The van der Waals surface area contributed by atoms with Crippen molar-refractivity contribution in [3.8, 4) is 11.5 Å². The van der Waals surface area contributed by atoms with Crippen molar-refractivity contribution in [2.75, 3.05) is 26.9 Å². The SMILES string of the molecule is CCOc1cc(C2c3c(oc4ccccc4c3=O)C(=O)N2CCCOC)ccc1O. The van der Waals surface area contributed by atoms with E-state index in [-0.39, 0.29) is 22.8 Å². The maximum Gasteiger partial charge on any atom is 0.290 e. The van der Waals surface area contributed by atoms with E-state index in [4.69, 9.17) is 13.9 Å². The maximum absolute atomic E-state index is 13.4. The van der Waals surface area contributed by atoms with E-state index in [2.05, 4.69) is 0 Å². The number of benzene rings is 2. The molecule has 2 aromatic carbocycles. The van der Waals surface area contributed by atoms with E-state index < -0.39 is 6.04 Å². The first kappa shape index (κ1) is 20.0. The Kier molecular flexibility index (Phi) is 5.46. The molecular formula is C23H23NO6. The molecule has 0 spiro atoms. The van der Waals surface area contributed by atoms with Gasteiger partial charge in [-0.15, -0.1) is 0 Å². The van der Waals surface area contributed by atoms with E-state index >= 15 is 0 Å². The Morgan fingerprint density at radius 2 is 1.97 bits per heavy atom. The van der Waals surface area contributed by atoms with Crippen molar-refractivity contribution >= 4 is 16.9 Å². The highest BCUT2D eigenvalue weighted by molar-refractivity contribution is 5.99. The molecule has 156 valence electrons. The average molecular weight is 409 g/mol. The smallest absolute Gasteiger partial charge is 0.290 e. The Balaban J connectivity index is 1.90. The molecule has 0 saturated heterocycles. The standard InChI is InChI=1S/C23H23NO6/c1-3-29-18-13-14(9-10-16(18)25)20-19-21(26)15-7-4-5-8-17(15)30-22(19)23(27)24(20)11-6-12-28-2/h4-5,7-10,13,20,25H,3,6,11-12H2,1-2H3. The number of hydrogen-bond donors (Lipinski definition) is 1. The minimum atomic E-state index is -0.634. The largest absolute Gasteiger partial charge is 0.504 e. The van der Waals surface area contributed by atoms with E-state index in [0.717, 1.165) is 0 Å². The third-order valence-corrected chi connectivity index (χ3v) is 5.22. The normalized spacial score (nSPS) is 15.6. The average Bonchev–Trinajstić information content (AvgIpc) is 3.02. The van der Waals surface area contributed by atoms with Crippen LogP contribution < -0.4 is 10.2 Å². The van der Waals surface area contributed by atoms with E-state index in [9.17, 15) is 14.7 Å². The Hall–Kier alpha value is -3.32. The molecule has 1 unspecified atom stereocenters. The number of phenols is 1. The number of nitrogens with zero attached hydrogens (tertiary/aromatic N) is 1. The molecule has 1 N–H and O–H groups in total. The fourth-order valence-electron chi connectivity index (χ4n) is 3.90. The van der Waals surface area contributed by atoms with Crippen LogP contribution >= 0.6 is 0 Å². The van der Waals surface area contributed by atoms with Gasteiger partial charge in [-0.05, 0) is 43.2 Å². The van der Waals surface area contributed by atoms with Gasteiger partial charge in [-0.1, -0.05) is 18.2 Å². The van der Waals surface area contributed by atoms with E-state index in [1.165, 1.54) is 6.07 Å². The predicted octanol–water partition coefficient (Wildman–Crippen LogP) is 3.48. The van der Waals surface area contributed by atoms with Gasteiger partial charge in [0.05, 0.1) is 23.6 Å². The number of carbonyl (C=O) groups is 1. The fraction of sp³-hybridized carbons (Fsp3) is 0.304. The van der Waals surface area contributed by atoms with Crippen LogP contribution in [0.3, 0.4) is 0 Å². The van der Waals surface area contributed by atoms with Gasteiger partial charge in [-0.3, -0.25) is 9.59 Å². The van der Waals surface area contributed by atoms with Crippen molar-refractivity contribution in [1.82, 2.24) is 4.90 Å². The van der Waals surface area contributed by atoms with Crippen molar-refractivity contribution in [1.29, 1.82) is 0 Å². The highest BCUT2D eigenvalue weighted by Crippen LogP contribution is 2.40. The van der Waals surface area contributed by atoms with Crippen molar-refractivity contribution in [3.05, 3.63) is 69.6 Å². The van der Waals surface area contributed by atoms with Gasteiger partial charge in [0.2, 0.25) is 5.76 Å². The lowest BCUT2D eigenvalue weighted by atomic mass is 9.98. The fourth-order valence-corrected chi connectivity index (χ4v) is 3.90. The van der Waals surface area contributed by atoms with Crippen LogP contribution in [0.25, 0.3) is 11.0 Å². The number of para-hydroxylation sites is 1. The summed E-state index contributed by atoms with van der Waals surface area (Å²) in [5, 5.41) is 10.5. The highest BCUT2D eigenvalue weighted by atomic mass is 16.5. The van der Waals surface area contributed by atoms with E-state index in [1.54, 1.807) is 48.4 Å². The molecule has 7 heteroatoms. The predicted molar refractivity (Wildman–Crippen MR) is 111 cm³/mol. The third-order valence-electron chi connectivity index (χ3n) is 5.22. The molecule has 1 amide bonds. The minimum absolute atomic E-state index is 0.00151. The third kappa shape index (κ3) is 3.31. The highest BCUT2D eigenvalue weighted by Gasteiger charge is 2.42. The van der Waals surface area contributed by atoms with Crippen LogP contribution in [0.15, 0.2) is 51.7 Å². The lowest BCUT2D eigenvalue weighted by Gasteiger charge is -2.25. The summed E-state index contributed by atoms with van der Waals surface area (Å²) < 4.78 is 16.5. The summed E-state index contributed by atoms with van der Waals surface area (Å²) in [6, 6.07) is 11.1. The molecule has 3 aromatic rings. The van der Waals surface area contributed by atoms with Gasteiger partial charge in [-0.2, -0.15) is 0 Å². The molecule has 1 atom stereocenters. The van der Waals surface area contributed by atoms with Crippen molar-refractivity contribution in [3.63, 3.8) is 0 Å². The van der Waals surface area contributed by atoms with Gasteiger partial charge >= 0.3 is 0 Å². The number of methoxy groups -OCH3 is 1. The number of aromatic hydroxyl groups is 1. The molecule has 1 aliphatic rings. The van der Waals surface area contributed by atoms with E-state index in [0.29, 0.717) is 54.0 Å². The van der Waals surface area contributed by atoms with Gasteiger partial charge in [0, 0.05) is 20.3 Å². The molecule has 4 rings (SSSR count). The summed E-state index contributed by atoms with van der Waals surface area (Å²) in [7, 11) is 1.60. The monoisotopic (exact) mass is 409 g/mol. The Bertz CT molecular complexity index is 1150. The number of fused-ring (bicyclic) bond motifs is 2. The van der Waals surface area contributed by atoms with Crippen LogP contribution in [0.4, 0.5) is 0 Å². The lowest BCUT2D eigenvalue weighted by molar-refractivity contribution is 0.0707. The van der Waals surface area contributed by atoms with Crippen molar-refractivity contribution < 1.29 is 23.8 Å². The molecule has 30 heavy (non-hydrogen) atoms. The molecular weight excluding hydrogens is 386 g/mol. The summed E-state index contributed by atoms with van der Waals surface area (Å²) in [5.74, 6) is 0.0340. The van der Waals surface area contributed by atoms with Crippen molar-refractivity contribution in [2.45, 2.75) is 19.4 Å². The summed E-state index contributed by atoms with van der Waals surface area (Å²) in [6.45, 7) is 3.07. The van der Waals surface area contributed by atoms with Crippen molar-refractivity contribution in [2.24, 2.45) is 0 Å². The molecule has 0 radical (unpaired) electrons. The topological polar surface area (TPSA) is 89.2 Å². The van der Waals surface area contributed by atoms with Gasteiger partial charge < -0.3 is 23.9 Å². The first-order chi connectivity index (χ1) is 14.6. The molecule has 0 bridgehead atoms. The second-order valence-electron chi connectivity index (χ2n) is 7.08. The zero-order valence-electron chi connectivity index (χ0n) is 16.9. The number of amides is 1. The van der Waals surface area contributed by atoms with Crippen LogP contribution in [-0.4, -0.2) is 42.8 Å². The lowest BCUT2D eigenvalue weighted by Crippen LogP contribution is -2.31. The van der Waals surface area contributed by atoms with Crippen LogP contribution in [0.2, 0.25) is 0 Å². The number of ether oxygens (including phenoxy) is 2. The van der Waals surface area contributed by atoms with Crippen LogP contribution in [0.5, 0.6) is 11.5 Å². The first-order valence-electron chi connectivity index (χ1n) is 9.88. The Morgan fingerprint density at radius 1 is 1.17 bits per heavy atom. The van der Waals surface area contributed by atoms with Gasteiger partial charge in [0.15, 0.2) is 16.9 Å². The Labute approximate surface area is 173 Å². The van der Waals surface area contributed by atoms with Gasteiger partial charge in [0.1, 0.15) is 5.58 Å². The summed E-state index contributed by atoms with van der Waals surface area (Å²) in [5.41, 5.74) is 1.13. The molecule has 2 heterocycles. The molecule has 1 aromatic heterocycles. The second-order valence-corrected chi connectivity index (χ2v) is 7.08. The molecule has 1 aliphatic heterocycles. The van der Waals surface area contributed by atoms with Gasteiger partial charge in [0.25, 0.3) is 5.91 Å². The number of hydrogen-bond acceptors (Lipinski definition) is 6. The number of rotatable bonds is 7. The second kappa shape index (κ2) is 8.20. The number of phenolic OH excluding ortho intramolecular Hbond substituents is 1. The summed E-state index contributed by atoms with van der Waals surface area (Å²) in [4.78, 5) is 28.2. The molecule has 0 fully saturated rings. The zero-order valence-corrected chi connectivity index (χ0v) is 16.9. The molecule has 0 aliphatic carbocycles.